The molecule has 0 aliphatic carbocycles. The first-order chi connectivity index (χ1) is 6.91. The van der Waals surface area contributed by atoms with E-state index in [0.29, 0.717) is 6.42 Å². The Bertz CT molecular complexity index is 394. The molecule has 1 aliphatic rings. The van der Waals surface area contributed by atoms with Crippen molar-refractivity contribution in [1.82, 2.24) is 0 Å². The summed E-state index contributed by atoms with van der Waals surface area (Å²) in [4.78, 5) is 0. The summed E-state index contributed by atoms with van der Waals surface area (Å²) < 4.78 is 5.94. The maximum atomic E-state index is 10.0. The van der Waals surface area contributed by atoms with Crippen molar-refractivity contribution in [3.05, 3.63) is 28.8 Å². The summed E-state index contributed by atoms with van der Waals surface area (Å²) in [5.41, 5.74) is 3.00. The van der Waals surface area contributed by atoms with Crippen molar-refractivity contribution in [2.75, 3.05) is 0 Å². The average molecular weight is 206 g/mol. The van der Waals surface area contributed by atoms with Crippen molar-refractivity contribution in [1.29, 1.82) is 0 Å². The topological polar surface area (TPSA) is 29.5 Å². The van der Waals surface area contributed by atoms with Crippen LogP contribution in [0.4, 0.5) is 0 Å². The van der Waals surface area contributed by atoms with Gasteiger partial charge in [-0.05, 0) is 38.8 Å². The Morgan fingerprint density at radius 2 is 2.00 bits per heavy atom. The summed E-state index contributed by atoms with van der Waals surface area (Å²) in [5, 5.41) is 10.0. The number of benzene rings is 1. The standard InChI is InChI=1S/C13H18O2/c1-8-5-6-10-11(14)7-13(3,4)15-12(10)9(8)2/h5-6,11,14H,7H2,1-4H3/t11-/m1/s1. The summed E-state index contributed by atoms with van der Waals surface area (Å²) in [6.45, 7) is 8.14. The number of ether oxygens (including phenoxy) is 1. The quantitative estimate of drug-likeness (QED) is 0.707. The van der Waals surface area contributed by atoms with Crippen LogP contribution in [0.2, 0.25) is 0 Å². The lowest BCUT2D eigenvalue weighted by Gasteiger charge is -2.36. The Balaban J connectivity index is 2.56. The molecule has 2 nitrogen and oxygen atoms in total. The minimum atomic E-state index is -0.400. The zero-order valence-electron chi connectivity index (χ0n) is 9.79. The van der Waals surface area contributed by atoms with E-state index in [2.05, 4.69) is 6.92 Å². The number of fused-ring (bicyclic) bond motifs is 1. The van der Waals surface area contributed by atoms with Gasteiger partial charge in [0.05, 0.1) is 6.10 Å². The van der Waals surface area contributed by atoms with Crippen LogP contribution >= 0.6 is 0 Å². The van der Waals surface area contributed by atoms with Gasteiger partial charge in [0, 0.05) is 12.0 Å². The third-order valence-electron chi connectivity index (χ3n) is 3.13. The van der Waals surface area contributed by atoms with Crippen LogP contribution in [0, 0.1) is 13.8 Å². The van der Waals surface area contributed by atoms with E-state index in [0.717, 1.165) is 16.9 Å². The third kappa shape index (κ3) is 1.74. The third-order valence-corrected chi connectivity index (χ3v) is 3.13. The summed E-state index contributed by atoms with van der Waals surface area (Å²) in [7, 11) is 0. The highest BCUT2D eigenvalue weighted by molar-refractivity contribution is 5.47. The normalized spacial score (nSPS) is 23.1. The number of rotatable bonds is 0. The van der Waals surface area contributed by atoms with Gasteiger partial charge in [0.1, 0.15) is 11.4 Å². The van der Waals surface area contributed by atoms with Crippen molar-refractivity contribution in [2.24, 2.45) is 0 Å². The highest BCUT2D eigenvalue weighted by atomic mass is 16.5. The molecule has 0 aromatic heterocycles. The number of aryl methyl sites for hydroxylation is 1. The predicted molar refractivity (Wildman–Crippen MR) is 60.2 cm³/mol. The molecule has 2 rings (SSSR count). The van der Waals surface area contributed by atoms with Gasteiger partial charge in [-0.2, -0.15) is 0 Å². The van der Waals surface area contributed by atoms with Crippen molar-refractivity contribution >= 4 is 0 Å². The van der Waals surface area contributed by atoms with Gasteiger partial charge in [0.25, 0.3) is 0 Å². The Labute approximate surface area is 90.9 Å². The van der Waals surface area contributed by atoms with Crippen LogP contribution in [0.15, 0.2) is 12.1 Å². The largest absolute Gasteiger partial charge is 0.487 e. The van der Waals surface area contributed by atoms with Crippen molar-refractivity contribution < 1.29 is 9.84 Å². The molecule has 15 heavy (non-hydrogen) atoms. The lowest BCUT2D eigenvalue weighted by atomic mass is 9.89. The molecule has 1 aromatic carbocycles. The average Bonchev–Trinajstić information content (AvgIpc) is 2.10. The highest BCUT2D eigenvalue weighted by Crippen LogP contribution is 2.41. The van der Waals surface area contributed by atoms with E-state index in [1.54, 1.807) is 0 Å². The molecule has 1 N–H and O–H groups in total. The second-order valence-electron chi connectivity index (χ2n) is 5.01. The molecule has 0 unspecified atom stereocenters. The van der Waals surface area contributed by atoms with E-state index >= 15 is 0 Å². The fourth-order valence-corrected chi connectivity index (χ4v) is 2.10. The lowest BCUT2D eigenvalue weighted by Crippen LogP contribution is -2.35. The molecule has 0 saturated carbocycles. The fourth-order valence-electron chi connectivity index (χ4n) is 2.10. The first-order valence-corrected chi connectivity index (χ1v) is 5.38. The molecule has 0 fully saturated rings. The van der Waals surface area contributed by atoms with Crippen LogP contribution < -0.4 is 4.74 Å². The molecule has 0 spiro atoms. The van der Waals surface area contributed by atoms with Gasteiger partial charge in [-0.25, -0.2) is 0 Å². The first kappa shape index (κ1) is 10.5. The molecule has 1 aromatic rings. The Morgan fingerprint density at radius 3 is 2.67 bits per heavy atom. The van der Waals surface area contributed by atoms with E-state index in [1.807, 2.05) is 32.9 Å². The van der Waals surface area contributed by atoms with Gasteiger partial charge in [-0.15, -0.1) is 0 Å². The van der Waals surface area contributed by atoms with Crippen molar-refractivity contribution in [2.45, 2.75) is 45.8 Å². The second kappa shape index (κ2) is 3.24. The first-order valence-electron chi connectivity index (χ1n) is 5.38. The maximum Gasteiger partial charge on any atom is 0.129 e. The van der Waals surface area contributed by atoms with Gasteiger partial charge in [0.2, 0.25) is 0 Å². The minimum absolute atomic E-state index is 0.273. The molecule has 0 radical (unpaired) electrons. The molecule has 0 saturated heterocycles. The molecule has 0 bridgehead atoms. The van der Waals surface area contributed by atoms with Crippen LogP contribution in [-0.4, -0.2) is 10.7 Å². The summed E-state index contributed by atoms with van der Waals surface area (Å²) >= 11 is 0. The Kier molecular flexibility index (Phi) is 2.27. The van der Waals surface area contributed by atoms with Crippen LogP contribution in [-0.2, 0) is 0 Å². The second-order valence-corrected chi connectivity index (χ2v) is 5.01. The fraction of sp³-hybridized carbons (Fsp3) is 0.538. The lowest BCUT2D eigenvalue weighted by molar-refractivity contribution is 0.0108. The zero-order chi connectivity index (χ0) is 11.2. The van der Waals surface area contributed by atoms with Gasteiger partial charge < -0.3 is 9.84 Å². The highest BCUT2D eigenvalue weighted by Gasteiger charge is 2.33. The van der Waals surface area contributed by atoms with Crippen LogP contribution in [0.1, 0.15) is 43.1 Å². The number of hydrogen-bond donors (Lipinski definition) is 1. The maximum absolute atomic E-state index is 10.0. The Morgan fingerprint density at radius 1 is 1.33 bits per heavy atom. The van der Waals surface area contributed by atoms with E-state index in [-0.39, 0.29) is 5.60 Å². The van der Waals surface area contributed by atoms with Gasteiger partial charge in [0.15, 0.2) is 0 Å². The molecule has 2 heteroatoms. The monoisotopic (exact) mass is 206 g/mol. The zero-order valence-corrected chi connectivity index (χ0v) is 9.79. The van der Waals surface area contributed by atoms with E-state index in [4.69, 9.17) is 4.74 Å². The predicted octanol–water partition coefficient (Wildman–Crippen LogP) is 2.90. The van der Waals surface area contributed by atoms with E-state index in [9.17, 15) is 5.11 Å². The molecule has 1 aliphatic heterocycles. The number of hydrogen-bond acceptors (Lipinski definition) is 2. The van der Waals surface area contributed by atoms with Crippen LogP contribution in [0.25, 0.3) is 0 Å². The molecule has 82 valence electrons. The van der Waals surface area contributed by atoms with Crippen LogP contribution in [0.5, 0.6) is 5.75 Å². The molecule has 1 heterocycles. The van der Waals surface area contributed by atoms with Crippen molar-refractivity contribution in [3.63, 3.8) is 0 Å². The summed E-state index contributed by atoms with van der Waals surface area (Å²) in [6.07, 6.45) is 0.255. The SMILES string of the molecule is Cc1ccc2c(c1C)OC(C)(C)C[C@H]2O. The van der Waals surface area contributed by atoms with Gasteiger partial charge in [-0.1, -0.05) is 12.1 Å². The number of aliphatic hydroxyl groups is 1. The van der Waals surface area contributed by atoms with Crippen molar-refractivity contribution in [3.8, 4) is 5.75 Å². The Hall–Kier alpha value is -1.02. The van der Waals surface area contributed by atoms with E-state index < -0.39 is 6.10 Å². The summed E-state index contributed by atoms with van der Waals surface area (Å²) in [6, 6.07) is 4.01. The molecule has 1 atom stereocenters. The molecule has 0 amide bonds. The number of aliphatic hydroxyl groups excluding tert-OH is 1. The molecular weight excluding hydrogens is 188 g/mol. The van der Waals surface area contributed by atoms with Gasteiger partial charge in [-0.3, -0.25) is 0 Å². The van der Waals surface area contributed by atoms with Gasteiger partial charge >= 0.3 is 0 Å². The smallest absolute Gasteiger partial charge is 0.129 e. The molecular formula is C13H18O2. The summed E-state index contributed by atoms with van der Waals surface area (Å²) in [5.74, 6) is 0.874. The minimum Gasteiger partial charge on any atom is -0.487 e. The van der Waals surface area contributed by atoms with E-state index in [1.165, 1.54) is 5.56 Å². The van der Waals surface area contributed by atoms with Crippen LogP contribution in [0.3, 0.4) is 0 Å².